The van der Waals surface area contributed by atoms with Crippen molar-refractivity contribution in [2.45, 2.75) is 98.0 Å². The van der Waals surface area contributed by atoms with Crippen molar-refractivity contribution in [1.29, 1.82) is 0 Å². The third-order valence-electron chi connectivity index (χ3n) is 10.4. The molecule has 2 N–H and O–H groups in total. The van der Waals surface area contributed by atoms with Gasteiger partial charge in [-0.25, -0.2) is 0 Å². The van der Waals surface area contributed by atoms with Crippen LogP contribution in [0.15, 0.2) is 11.6 Å². The van der Waals surface area contributed by atoms with Crippen LogP contribution in [0.1, 0.15) is 91.9 Å². The van der Waals surface area contributed by atoms with Crippen molar-refractivity contribution in [3.63, 3.8) is 0 Å². The summed E-state index contributed by atoms with van der Waals surface area (Å²) in [4.78, 5) is 24.5. The summed E-state index contributed by atoms with van der Waals surface area (Å²) in [5.41, 5.74) is 1.54. The zero-order valence-electron chi connectivity index (χ0n) is 19.9. The summed E-state index contributed by atoms with van der Waals surface area (Å²) in [7, 11) is 0. The molecule has 0 radical (unpaired) electrons. The summed E-state index contributed by atoms with van der Waals surface area (Å²) in [6, 6.07) is 0. The molecule has 0 aromatic carbocycles. The van der Waals surface area contributed by atoms with E-state index in [0.29, 0.717) is 35.9 Å². The van der Waals surface area contributed by atoms with Crippen LogP contribution in [-0.4, -0.2) is 28.1 Å². The summed E-state index contributed by atoms with van der Waals surface area (Å²) in [6.07, 6.45) is 11.7. The number of aliphatic carboxylic acids is 1. The number of hydrogen-bond donors (Lipinski definition) is 2. The van der Waals surface area contributed by atoms with Crippen molar-refractivity contribution in [3.05, 3.63) is 11.6 Å². The van der Waals surface area contributed by atoms with E-state index in [1.54, 1.807) is 0 Å². The topological polar surface area (TPSA) is 74.6 Å². The Kier molecular flexibility index (Phi) is 6.17. The van der Waals surface area contributed by atoms with Crippen LogP contribution in [0.2, 0.25) is 0 Å². The van der Waals surface area contributed by atoms with E-state index in [-0.39, 0.29) is 28.8 Å². The van der Waals surface area contributed by atoms with Gasteiger partial charge >= 0.3 is 5.97 Å². The predicted octanol–water partition coefficient (Wildman–Crippen LogP) is 5.63. The number of carbonyl (C=O) groups excluding carboxylic acids is 1. The van der Waals surface area contributed by atoms with E-state index < -0.39 is 5.97 Å². The van der Waals surface area contributed by atoms with Crippen LogP contribution in [-0.2, 0) is 9.59 Å². The van der Waals surface area contributed by atoms with Crippen LogP contribution >= 0.6 is 0 Å². The number of aliphatic hydroxyl groups excluding tert-OH is 1. The van der Waals surface area contributed by atoms with Crippen molar-refractivity contribution < 1.29 is 19.8 Å². The van der Waals surface area contributed by atoms with E-state index in [9.17, 15) is 14.7 Å². The highest BCUT2D eigenvalue weighted by molar-refractivity contribution is 5.94. The quantitative estimate of drug-likeness (QED) is 0.572. The summed E-state index contributed by atoms with van der Waals surface area (Å²) >= 11 is 0. The van der Waals surface area contributed by atoms with E-state index in [2.05, 4.69) is 20.8 Å². The van der Waals surface area contributed by atoms with Crippen LogP contribution in [0.25, 0.3) is 0 Å². The lowest BCUT2D eigenvalue weighted by Crippen LogP contribution is -2.53. The van der Waals surface area contributed by atoms with Gasteiger partial charge in [0.15, 0.2) is 5.78 Å². The van der Waals surface area contributed by atoms with Crippen molar-refractivity contribution in [2.75, 3.05) is 0 Å². The minimum atomic E-state index is -0.689. The molecule has 4 nitrogen and oxygen atoms in total. The number of allylic oxidation sites excluding steroid dienone is 1. The average Bonchev–Trinajstić information content (AvgIpc) is 3.06. The van der Waals surface area contributed by atoms with Crippen LogP contribution in [0.5, 0.6) is 0 Å². The lowest BCUT2D eigenvalue weighted by atomic mass is 9.46. The number of carboxylic acids is 1. The largest absolute Gasteiger partial charge is 0.481 e. The second kappa shape index (κ2) is 8.32. The van der Waals surface area contributed by atoms with Crippen molar-refractivity contribution in [2.24, 2.45) is 46.3 Å². The van der Waals surface area contributed by atoms with E-state index in [4.69, 9.17) is 5.11 Å². The number of rotatable bonds is 6. The number of hydrogen-bond acceptors (Lipinski definition) is 3. The SMILES string of the molecule is C[C@H](CCC[C@@H](C)[C@H]1CC[C@H]2C3C(=O)C=C4C[C@@H](O)CC[C@]4(C)[C@H]3CC[C@]12C)C(=O)O. The average molecular weight is 431 g/mol. The van der Waals surface area contributed by atoms with Gasteiger partial charge in [-0.05, 0) is 91.9 Å². The molecule has 3 fully saturated rings. The smallest absolute Gasteiger partial charge is 0.306 e. The minimum absolute atomic E-state index is 0.0931. The fourth-order valence-electron chi connectivity index (χ4n) is 8.43. The zero-order chi connectivity index (χ0) is 22.6. The molecule has 0 aromatic rings. The first kappa shape index (κ1) is 23.0. The van der Waals surface area contributed by atoms with Crippen LogP contribution in [0.4, 0.5) is 0 Å². The number of fused-ring (bicyclic) bond motifs is 5. The third-order valence-corrected chi connectivity index (χ3v) is 10.4. The van der Waals surface area contributed by atoms with Gasteiger partial charge in [-0.2, -0.15) is 0 Å². The molecule has 0 aliphatic heterocycles. The molecule has 0 aromatic heterocycles. The highest BCUT2D eigenvalue weighted by Crippen LogP contribution is 2.66. The maximum atomic E-state index is 13.4. The van der Waals surface area contributed by atoms with Gasteiger partial charge in [-0.15, -0.1) is 0 Å². The Morgan fingerprint density at radius 1 is 1.10 bits per heavy atom. The fraction of sp³-hybridized carbons (Fsp3) is 0.852. The van der Waals surface area contributed by atoms with Gasteiger partial charge in [-0.3, -0.25) is 9.59 Å². The van der Waals surface area contributed by atoms with Crippen molar-refractivity contribution in [1.82, 2.24) is 0 Å². The molecular weight excluding hydrogens is 388 g/mol. The highest BCUT2D eigenvalue weighted by atomic mass is 16.4. The number of carboxylic acid groups (broad SMARTS) is 1. The maximum Gasteiger partial charge on any atom is 0.306 e. The van der Waals surface area contributed by atoms with E-state index >= 15 is 0 Å². The summed E-state index contributed by atoms with van der Waals surface area (Å²) < 4.78 is 0. The van der Waals surface area contributed by atoms with Crippen LogP contribution in [0, 0.1) is 46.3 Å². The molecule has 0 heterocycles. The van der Waals surface area contributed by atoms with Gasteiger partial charge < -0.3 is 10.2 Å². The van der Waals surface area contributed by atoms with Gasteiger partial charge in [0.25, 0.3) is 0 Å². The Morgan fingerprint density at radius 2 is 1.84 bits per heavy atom. The Balaban J connectivity index is 1.49. The number of ketones is 1. The summed E-state index contributed by atoms with van der Waals surface area (Å²) in [5, 5.41) is 19.3. The van der Waals surface area contributed by atoms with E-state index in [1.807, 2.05) is 13.0 Å². The Hall–Kier alpha value is -1.16. The molecule has 1 unspecified atom stereocenters. The summed E-state index contributed by atoms with van der Waals surface area (Å²) in [5.74, 6) is 1.69. The van der Waals surface area contributed by atoms with E-state index in [0.717, 1.165) is 44.9 Å². The molecule has 4 aliphatic rings. The van der Waals surface area contributed by atoms with Gasteiger partial charge in [-0.1, -0.05) is 46.1 Å². The maximum absolute atomic E-state index is 13.4. The molecule has 0 spiro atoms. The first-order valence-corrected chi connectivity index (χ1v) is 12.7. The zero-order valence-corrected chi connectivity index (χ0v) is 19.9. The molecular formula is C27H42O4. The second-order valence-electron chi connectivity index (χ2n) is 12.0. The Morgan fingerprint density at radius 3 is 2.55 bits per heavy atom. The molecule has 174 valence electrons. The molecule has 4 rings (SSSR count). The van der Waals surface area contributed by atoms with Crippen LogP contribution < -0.4 is 0 Å². The normalized spacial score (nSPS) is 44.0. The highest BCUT2D eigenvalue weighted by Gasteiger charge is 2.61. The first-order chi connectivity index (χ1) is 14.6. The second-order valence-corrected chi connectivity index (χ2v) is 12.0. The third kappa shape index (κ3) is 3.81. The lowest BCUT2D eigenvalue weighted by molar-refractivity contribution is -0.141. The molecule has 3 saturated carbocycles. The molecule has 0 amide bonds. The van der Waals surface area contributed by atoms with Gasteiger partial charge in [0.1, 0.15) is 0 Å². The molecule has 31 heavy (non-hydrogen) atoms. The van der Waals surface area contributed by atoms with Gasteiger partial charge in [0, 0.05) is 5.92 Å². The van der Waals surface area contributed by atoms with Crippen molar-refractivity contribution in [3.8, 4) is 0 Å². The monoisotopic (exact) mass is 430 g/mol. The lowest BCUT2D eigenvalue weighted by Gasteiger charge is -2.57. The van der Waals surface area contributed by atoms with Crippen molar-refractivity contribution >= 4 is 11.8 Å². The molecule has 4 heteroatoms. The molecule has 4 aliphatic carbocycles. The molecule has 0 saturated heterocycles. The molecule has 0 bridgehead atoms. The number of carbonyl (C=O) groups is 2. The Labute approximate surface area is 187 Å². The van der Waals surface area contributed by atoms with Gasteiger partial charge in [0.05, 0.1) is 12.0 Å². The molecule has 9 atom stereocenters. The minimum Gasteiger partial charge on any atom is -0.481 e. The summed E-state index contributed by atoms with van der Waals surface area (Å²) in [6.45, 7) is 9.00. The standard InChI is InChI=1S/C27H42O4/c1-16(6-5-7-17(2)25(30)31)20-8-9-21-24-22(11-13-27(20,21)4)26(3)12-10-19(28)14-18(26)15-23(24)29/h15-17,19-22,24,28H,5-14H2,1-4H3,(H,30,31)/t16-,17-,19+,20-,21+,22+,24?,26+,27-/m1/s1. The van der Waals surface area contributed by atoms with E-state index in [1.165, 1.54) is 18.4 Å². The first-order valence-electron chi connectivity index (χ1n) is 12.7. The van der Waals surface area contributed by atoms with Crippen LogP contribution in [0.3, 0.4) is 0 Å². The predicted molar refractivity (Wildman–Crippen MR) is 121 cm³/mol. The Bertz CT molecular complexity index is 756. The number of aliphatic hydroxyl groups is 1. The van der Waals surface area contributed by atoms with Gasteiger partial charge in [0.2, 0.25) is 0 Å². The fourth-order valence-corrected chi connectivity index (χ4v) is 8.43.